The highest BCUT2D eigenvalue weighted by Crippen LogP contribution is 2.33. The molecule has 2 aromatic carbocycles. The van der Waals surface area contributed by atoms with E-state index in [1.54, 1.807) is 0 Å². The van der Waals surface area contributed by atoms with Gasteiger partial charge in [-0.2, -0.15) is 0 Å². The monoisotopic (exact) mass is 419 g/mol. The van der Waals surface area contributed by atoms with Gasteiger partial charge in [-0.05, 0) is 54.1 Å². The summed E-state index contributed by atoms with van der Waals surface area (Å²) in [5, 5.41) is 0. The van der Waals surface area contributed by atoms with Crippen LogP contribution in [-0.2, 0) is 4.79 Å². The smallest absolute Gasteiger partial charge is 0.187 e. The van der Waals surface area contributed by atoms with Gasteiger partial charge in [-0.15, -0.1) is 0 Å². The maximum atomic E-state index is 13.3. The third kappa shape index (κ3) is 4.16. The lowest BCUT2D eigenvalue weighted by molar-refractivity contribution is -0.113. The van der Waals surface area contributed by atoms with Gasteiger partial charge in [-0.3, -0.25) is 9.69 Å². The molecule has 3 heterocycles. The summed E-state index contributed by atoms with van der Waals surface area (Å²) in [6.07, 6.45) is 3.92. The molecule has 3 aliphatic heterocycles. The number of piperidine rings is 1. The minimum atomic E-state index is 0.0782. The number of carbonyl (C=O) groups is 1. The van der Waals surface area contributed by atoms with Gasteiger partial charge in [0.15, 0.2) is 28.8 Å². The van der Waals surface area contributed by atoms with Crippen molar-refractivity contribution in [3.63, 3.8) is 0 Å². The van der Waals surface area contributed by atoms with Crippen LogP contribution in [0.5, 0.6) is 23.0 Å². The number of nitrogens with zero attached hydrogens (tertiary/aromatic N) is 1. The molecule has 160 valence electrons. The van der Waals surface area contributed by atoms with E-state index in [0.717, 1.165) is 51.8 Å². The molecule has 0 spiro atoms. The van der Waals surface area contributed by atoms with E-state index < -0.39 is 0 Å². The molecule has 2 aromatic rings. The number of fused-ring (bicyclic) bond motifs is 2. The van der Waals surface area contributed by atoms with E-state index in [2.05, 4.69) is 11.8 Å². The molecule has 0 amide bonds. The summed E-state index contributed by atoms with van der Waals surface area (Å²) in [6, 6.07) is 11.6. The number of carbonyl (C=O) groups excluding carboxylic acids is 1. The van der Waals surface area contributed by atoms with E-state index >= 15 is 0 Å². The Bertz CT molecular complexity index is 990. The zero-order valence-electron chi connectivity index (χ0n) is 17.6. The number of hydrogen-bond acceptors (Lipinski definition) is 6. The van der Waals surface area contributed by atoms with Crippen LogP contribution in [-0.4, -0.2) is 56.7 Å². The molecular formula is C25H25NO5. The zero-order valence-corrected chi connectivity index (χ0v) is 17.6. The summed E-state index contributed by atoms with van der Waals surface area (Å²) >= 11 is 0. The molecule has 0 bridgehead atoms. The second-order valence-electron chi connectivity index (χ2n) is 7.78. The van der Waals surface area contributed by atoms with Crippen molar-refractivity contribution < 1.29 is 23.7 Å². The molecule has 1 fully saturated rings. The number of rotatable bonds is 3. The van der Waals surface area contributed by atoms with Gasteiger partial charge in [-0.25, -0.2) is 0 Å². The number of ketones is 1. The van der Waals surface area contributed by atoms with Crippen LogP contribution in [0.4, 0.5) is 0 Å². The minimum Gasteiger partial charge on any atom is -0.486 e. The normalized spacial score (nSPS) is 20.9. The van der Waals surface area contributed by atoms with Gasteiger partial charge >= 0.3 is 0 Å². The highest BCUT2D eigenvalue weighted by Gasteiger charge is 2.25. The first-order valence-electron chi connectivity index (χ1n) is 10.7. The van der Waals surface area contributed by atoms with Crippen molar-refractivity contribution in [2.24, 2.45) is 0 Å². The average Bonchev–Trinajstić information content (AvgIpc) is 2.81. The van der Waals surface area contributed by atoms with Gasteiger partial charge in [0.25, 0.3) is 0 Å². The van der Waals surface area contributed by atoms with E-state index in [0.29, 0.717) is 39.5 Å². The molecule has 0 aliphatic carbocycles. The van der Waals surface area contributed by atoms with Crippen molar-refractivity contribution >= 4 is 17.9 Å². The third-order valence-electron chi connectivity index (χ3n) is 5.63. The minimum absolute atomic E-state index is 0.0782. The number of likely N-dealkylation sites (tertiary alicyclic amines) is 1. The van der Waals surface area contributed by atoms with Crippen LogP contribution in [0.15, 0.2) is 47.5 Å². The van der Waals surface area contributed by atoms with E-state index in [4.69, 9.17) is 18.9 Å². The Morgan fingerprint density at radius 2 is 1.19 bits per heavy atom. The number of hydrogen-bond donors (Lipinski definition) is 0. The van der Waals surface area contributed by atoms with Gasteiger partial charge in [0.1, 0.15) is 26.4 Å². The molecule has 6 nitrogen and oxygen atoms in total. The van der Waals surface area contributed by atoms with Crippen LogP contribution in [0.2, 0.25) is 0 Å². The molecule has 5 rings (SSSR count). The van der Waals surface area contributed by atoms with Crippen molar-refractivity contribution in [1.82, 2.24) is 4.90 Å². The van der Waals surface area contributed by atoms with Gasteiger partial charge in [0.05, 0.1) is 0 Å². The average molecular weight is 419 g/mol. The fraction of sp³-hybridized carbons (Fsp3) is 0.320. The van der Waals surface area contributed by atoms with Crippen LogP contribution in [0.25, 0.3) is 12.2 Å². The molecule has 1 saturated heterocycles. The lowest BCUT2D eigenvalue weighted by atomic mass is 9.94. The Morgan fingerprint density at radius 3 is 1.65 bits per heavy atom. The van der Waals surface area contributed by atoms with Gasteiger partial charge < -0.3 is 18.9 Å². The van der Waals surface area contributed by atoms with Crippen LogP contribution < -0.4 is 18.9 Å². The van der Waals surface area contributed by atoms with E-state index in [9.17, 15) is 4.79 Å². The second kappa shape index (κ2) is 8.47. The SMILES string of the molecule is CCN1C/C(=C/c2ccc3c(c2)OCCO3)C(=O)/C(=C/c2ccc3c(c2)OCCO3)C1. The summed E-state index contributed by atoms with van der Waals surface area (Å²) in [6.45, 7) is 6.43. The van der Waals surface area contributed by atoms with Gasteiger partial charge in [0, 0.05) is 24.2 Å². The second-order valence-corrected chi connectivity index (χ2v) is 7.78. The van der Waals surface area contributed by atoms with Crippen molar-refractivity contribution in [2.45, 2.75) is 6.92 Å². The number of benzene rings is 2. The van der Waals surface area contributed by atoms with Crippen LogP contribution in [0.1, 0.15) is 18.1 Å². The topological polar surface area (TPSA) is 57.2 Å². The number of ether oxygens (including phenoxy) is 4. The molecule has 0 saturated carbocycles. The molecule has 31 heavy (non-hydrogen) atoms. The first-order chi connectivity index (χ1) is 15.2. The van der Waals surface area contributed by atoms with E-state index in [-0.39, 0.29) is 5.78 Å². The Hall–Kier alpha value is -3.25. The number of Topliss-reactive ketones (excluding diaryl/α,β-unsaturated/α-hetero) is 1. The Kier molecular flexibility index (Phi) is 5.38. The molecule has 0 aromatic heterocycles. The Morgan fingerprint density at radius 1 is 0.742 bits per heavy atom. The highest BCUT2D eigenvalue weighted by molar-refractivity contribution is 6.14. The highest BCUT2D eigenvalue weighted by atomic mass is 16.6. The molecule has 0 unspecified atom stereocenters. The quantitative estimate of drug-likeness (QED) is 0.709. The predicted octanol–water partition coefficient (Wildman–Crippen LogP) is 3.60. The van der Waals surface area contributed by atoms with Crippen molar-refractivity contribution in [1.29, 1.82) is 0 Å². The van der Waals surface area contributed by atoms with Crippen LogP contribution >= 0.6 is 0 Å². The lowest BCUT2D eigenvalue weighted by Crippen LogP contribution is -2.37. The van der Waals surface area contributed by atoms with E-state index in [1.807, 2.05) is 48.6 Å². The molecular weight excluding hydrogens is 394 g/mol. The molecule has 0 radical (unpaired) electrons. The Balaban J connectivity index is 1.45. The summed E-state index contributed by atoms with van der Waals surface area (Å²) in [5.74, 6) is 3.02. The van der Waals surface area contributed by atoms with Crippen LogP contribution in [0, 0.1) is 0 Å². The number of likely N-dealkylation sites (N-methyl/N-ethyl adjacent to an activating group) is 1. The maximum Gasteiger partial charge on any atom is 0.187 e. The predicted molar refractivity (Wildman–Crippen MR) is 118 cm³/mol. The summed E-state index contributed by atoms with van der Waals surface area (Å²) in [7, 11) is 0. The zero-order chi connectivity index (χ0) is 21.2. The molecule has 6 heteroatoms. The molecule has 0 N–H and O–H groups in total. The van der Waals surface area contributed by atoms with Gasteiger partial charge in [-0.1, -0.05) is 19.1 Å². The lowest BCUT2D eigenvalue weighted by Gasteiger charge is -2.28. The fourth-order valence-electron chi connectivity index (χ4n) is 4.04. The Labute approximate surface area is 181 Å². The molecule has 3 aliphatic rings. The summed E-state index contributed by atoms with van der Waals surface area (Å²) < 4.78 is 22.6. The first kappa shape index (κ1) is 19.7. The summed E-state index contributed by atoms with van der Waals surface area (Å²) in [5.41, 5.74) is 3.41. The maximum absolute atomic E-state index is 13.3. The largest absolute Gasteiger partial charge is 0.486 e. The standard InChI is InChI=1S/C25H25NO5/c1-2-26-15-19(11-17-3-5-21-23(13-17)30-9-7-28-21)25(27)20(16-26)12-18-4-6-22-24(14-18)31-10-8-29-22/h3-6,11-14H,2,7-10,15-16H2,1H3/b19-11-,20-12+. The first-order valence-corrected chi connectivity index (χ1v) is 10.7. The van der Waals surface area contributed by atoms with Crippen LogP contribution in [0.3, 0.4) is 0 Å². The third-order valence-corrected chi connectivity index (χ3v) is 5.63. The van der Waals surface area contributed by atoms with Gasteiger partial charge in [0.2, 0.25) is 0 Å². The van der Waals surface area contributed by atoms with Crippen molar-refractivity contribution in [2.75, 3.05) is 46.1 Å². The van der Waals surface area contributed by atoms with E-state index in [1.165, 1.54) is 0 Å². The fourth-order valence-corrected chi connectivity index (χ4v) is 4.04. The van der Waals surface area contributed by atoms with Crippen molar-refractivity contribution in [3.05, 3.63) is 58.7 Å². The van der Waals surface area contributed by atoms with Crippen molar-refractivity contribution in [3.8, 4) is 23.0 Å². The summed E-state index contributed by atoms with van der Waals surface area (Å²) in [4.78, 5) is 15.6. The molecule has 0 atom stereocenters.